The molecule has 1 aromatic heterocycles. The second-order valence-electron chi connectivity index (χ2n) is 3.92. The van der Waals surface area contributed by atoms with E-state index in [9.17, 15) is 9.90 Å². The van der Waals surface area contributed by atoms with Crippen molar-refractivity contribution in [3.05, 3.63) is 40.0 Å². The molecule has 0 saturated carbocycles. The Morgan fingerprint density at radius 3 is 2.83 bits per heavy atom. The molecule has 4 nitrogen and oxygen atoms in total. The van der Waals surface area contributed by atoms with Crippen molar-refractivity contribution in [2.24, 2.45) is 0 Å². The van der Waals surface area contributed by atoms with Gasteiger partial charge in [-0.05, 0) is 19.1 Å². The lowest BCUT2D eigenvalue weighted by molar-refractivity contribution is 0.0694. The fourth-order valence-electron chi connectivity index (χ4n) is 1.99. The first-order chi connectivity index (χ1) is 8.56. The molecule has 0 aliphatic rings. The summed E-state index contributed by atoms with van der Waals surface area (Å²) >= 11 is 6.09. The Labute approximate surface area is 109 Å². The number of fused-ring (bicyclic) bond motifs is 1. The average Bonchev–Trinajstić information content (AvgIpc) is 2.30. The Bertz CT molecular complexity index is 625. The number of carboxylic acids is 1. The third-order valence-corrected chi connectivity index (χ3v) is 3.09. The monoisotopic (exact) mass is 265 g/mol. The van der Waals surface area contributed by atoms with E-state index in [-0.39, 0.29) is 12.2 Å². The largest absolute Gasteiger partial charge is 0.478 e. The van der Waals surface area contributed by atoms with Crippen LogP contribution in [-0.2, 0) is 11.3 Å². The number of aromatic nitrogens is 1. The van der Waals surface area contributed by atoms with Crippen LogP contribution >= 0.6 is 11.6 Å². The Morgan fingerprint density at radius 2 is 2.22 bits per heavy atom. The number of hydrogen-bond donors (Lipinski definition) is 1. The van der Waals surface area contributed by atoms with Gasteiger partial charge in [0.2, 0.25) is 0 Å². The topological polar surface area (TPSA) is 59.4 Å². The highest BCUT2D eigenvalue weighted by Gasteiger charge is 2.19. The number of rotatable bonds is 3. The Kier molecular flexibility index (Phi) is 3.50. The second-order valence-corrected chi connectivity index (χ2v) is 4.33. The van der Waals surface area contributed by atoms with E-state index in [1.165, 1.54) is 7.11 Å². The van der Waals surface area contributed by atoms with Gasteiger partial charge >= 0.3 is 5.97 Å². The predicted octanol–water partition coefficient (Wildman–Crippen LogP) is 3.04. The highest BCUT2D eigenvalue weighted by molar-refractivity contribution is 6.36. The predicted molar refractivity (Wildman–Crippen MR) is 69.2 cm³/mol. The maximum Gasteiger partial charge on any atom is 0.336 e. The Morgan fingerprint density at radius 1 is 1.50 bits per heavy atom. The number of benzene rings is 1. The van der Waals surface area contributed by atoms with E-state index in [0.717, 1.165) is 0 Å². The molecular weight excluding hydrogens is 254 g/mol. The van der Waals surface area contributed by atoms with Crippen LogP contribution in [0.15, 0.2) is 18.2 Å². The first-order valence-electron chi connectivity index (χ1n) is 5.36. The van der Waals surface area contributed by atoms with Crippen LogP contribution in [0.1, 0.15) is 21.6 Å². The summed E-state index contributed by atoms with van der Waals surface area (Å²) in [6.07, 6.45) is 0. The minimum absolute atomic E-state index is 0.171. The number of ether oxygens (including phenoxy) is 1. The number of carbonyl (C=O) groups is 1. The molecule has 1 N–H and O–H groups in total. The molecule has 0 saturated heterocycles. The van der Waals surface area contributed by atoms with E-state index >= 15 is 0 Å². The van der Waals surface area contributed by atoms with Crippen molar-refractivity contribution < 1.29 is 14.6 Å². The third-order valence-electron chi connectivity index (χ3n) is 2.77. The van der Waals surface area contributed by atoms with Crippen molar-refractivity contribution in [1.29, 1.82) is 0 Å². The standard InChI is InChI=1S/C13H12ClNO3/c1-7-8(6-18-2)11(13(16)17)12-9(14)4-3-5-10(12)15-7/h3-5H,6H2,1-2H3,(H,16,17). The van der Waals surface area contributed by atoms with Gasteiger partial charge in [-0.1, -0.05) is 17.7 Å². The van der Waals surface area contributed by atoms with Crippen LogP contribution in [0.5, 0.6) is 0 Å². The Balaban J connectivity index is 2.92. The summed E-state index contributed by atoms with van der Waals surface area (Å²) in [4.78, 5) is 15.8. The van der Waals surface area contributed by atoms with Crippen molar-refractivity contribution in [3.8, 4) is 0 Å². The average molecular weight is 266 g/mol. The van der Waals surface area contributed by atoms with Gasteiger partial charge in [0.25, 0.3) is 0 Å². The molecule has 18 heavy (non-hydrogen) atoms. The van der Waals surface area contributed by atoms with Crippen LogP contribution in [0.4, 0.5) is 0 Å². The molecule has 0 amide bonds. The number of carboxylic acid groups (broad SMARTS) is 1. The molecule has 1 heterocycles. The first kappa shape index (κ1) is 12.8. The molecule has 0 aliphatic heterocycles. The lowest BCUT2D eigenvalue weighted by Crippen LogP contribution is -2.09. The first-order valence-corrected chi connectivity index (χ1v) is 5.74. The zero-order valence-corrected chi connectivity index (χ0v) is 10.8. The van der Waals surface area contributed by atoms with Crippen LogP contribution in [0.3, 0.4) is 0 Å². The molecule has 0 atom stereocenters. The van der Waals surface area contributed by atoms with Gasteiger partial charge in [-0.15, -0.1) is 0 Å². The van der Waals surface area contributed by atoms with Crippen molar-refractivity contribution >= 4 is 28.5 Å². The molecule has 0 spiro atoms. The van der Waals surface area contributed by atoms with Gasteiger partial charge in [-0.3, -0.25) is 4.98 Å². The van der Waals surface area contributed by atoms with Gasteiger partial charge < -0.3 is 9.84 Å². The lowest BCUT2D eigenvalue weighted by Gasteiger charge is -2.12. The van der Waals surface area contributed by atoms with E-state index in [4.69, 9.17) is 16.3 Å². The number of aromatic carboxylic acids is 1. The summed E-state index contributed by atoms with van der Waals surface area (Å²) in [5, 5.41) is 10.2. The summed E-state index contributed by atoms with van der Waals surface area (Å²) in [7, 11) is 1.52. The summed E-state index contributed by atoms with van der Waals surface area (Å²) in [6, 6.07) is 5.15. The lowest BCUT2D eigenvalue weighted by atomic mass is 10.0. The van der Waals surface area contributed by atoms with Crippen LogP contribution in [-0.4, -0.2) is 23.2 Å². The van der Waals surface area contributed by atoms with Crippen LogP contribution in [0, 0.1) is 6.92 Å². The highest BCUT2D eigenvalue weighted by atomic mass is 35.5. The molecule has 1 aromatic carbocycles. The van der Waals surface area contributed by atoms with Gasteiger partial charge in [0.1, 0.15) is 0 Å². The molecule has 0 aliphatic carbocycles. The SMILES string of the molecule is COCc1c(C)nc2cccc(Cl)c2c1C(=O)O. The number of hydrogen-bond acceptors (Lipinski definition) is 3. The van der Waals surface area contributed by atoms with Gasteiger partial charge in [-0.2, -0.15) is 0 Å². The number of pyridine rings is 1. The zero-order valence-electron chi connectivity index (χ0n) is 10.0. The van der Waals surface area contributed by atoms with Gasteiger partial charge in [0.15, 0.2) is 0 Å². The summed E-state index contributed by atoms with van der Waals surface area (Å²) in [5.41, 5.74) is 1.96. The normalized spacial score (nSPS) is 10.8. The number of halogens is 1. The van der Waals surface area contributed by atoms with Crippen molar-refractivity contribution in [2.45, 2.75) is 13.5 Å². The zero-order chi connectivity index (χ0) is 13.3. The third kappa shape index (κ3) is 2.05. The van der Waals surface area contributed by atoms with Gasteiger partial charge in [0.05, 0.1) is 22.7 Å². The summed E-state index contributed by atoms with van der Waals surface area (Å²) in [5.74, 6) is -1.02. The minimum Gasteiger partial charge on any atom is -0.478 e. The van der Waals surface area contributed by atoms with Gasteiger partial charge in [0, 0.05) is 23.8 Å². The number of nitrogens with zero attached hydrogens (tertiary/aromatic N) is 1. The molecule has 0 unspecified atom stereocenters. The maximum atomic E-state index is 11.5. The van der Waals surface area contributed by atoms with E-state index in [0.29, 0.717) is 27.2 Å². The summed E-state index contributed by atoms with van der Waals surface area (Å²) < 4.78 is 5.04. The molecule has 0 radical (unpaired) electrons. The van der Waals surface area contributed by atoms with E-state index in [1.807, 2.05) is 0 Å². The van der Waals surface area contributed by atoms with Gasteiger partial charge in [-0.25, -0.2) is 4.79 Å². The molecular formula is C13H12ClNO3. The molecule has 2 rings (SSSR count). The highest BCUT2D eigenvalue weighted by Crippen LogP contribution is 2.29. The molecule has 0 bridgehead atoms. The maximum absolute atomic E-state index is 11.5. The molecule has 0 fully saturated rings. The summed E-state index contributed by atoms with van der Waals surface area (Å²) in [6.45, 7) is 1.96. The minimum atomic E-state index is -1.02. The fourth-order valence-corrected chi connectivity index (χ4v) is 2.25. The van der Waals surface area contributed by atoms with Crippen molar-refractivity contribution in [2.75, 3.05) is 7.11 Å². The van der Waals surface area contributed by atoms with E-state index < -0.39 is 5.97 Å². The molecule has 2 aromatic rings. The number of methoxy groups -OCH3 is 1. The molecule has 94 valence electrons. The molecule has 5 heteroatoms. The van der Waals surface area contributed by atoms with Crippen molar-refractivity contribution in [1.82, 2.24) is 4.98 Å². The van der Waals surface area contributed by atoms with Crippen LogP contribution < -0.4 is 0 Å². The van der Waals surface area contributed by atoms with Crippen LogP contribution in [0.25, 0.3) is 10.9 Å². The quantitative estimate of drug-likeness (QED) is 0.927. The van der Waals surface area contributed by atoms with Crippen LogP contribution in [0.2, 0.25) is 5.02 Å². The smallest absolute Gasteiger partial charge is 0.336 e. The fraction of sp³-hybridized carbons (Fsp3) is 0.231. The number of aryl methyl sites for hydroxylation is 1. The van der Waals surface area contributed by atoms with E-state index in [2.05, 4.69) is 4.98 Å². The van der Waals surface area contributed by atoms with E-state index in [1.54, 1.807) is 25.1 Å². The second kappa shape index (κ2) is 4.92. The Hall–Kier alpha value is -1.65. The van der Waals surface area contributed by atoms with Crippen molar-refractivity contribution in [3.63, 3.8) is 0 Å².